The molecular formula is C37H42ClN3O5S. The summed E-state index contributed by atoms with van der Waals surface area (Å²) in [6.45, 7) is 5.21. The summed E-state index contributed by atoms with van der Waals surface area (Å²) in [6.07, 6.45) is 10.5. The van der Waals surface area contributed by atoms with Crippen molar-refractivity contribution in [2.24, 2.45) is 17.8 Å². The molecule has 6 atom stereocenters. The number of hydrogen-bond donors (Lipinski definition) is 2. The first-order valence-electron chi connectivity index (χ1n) is 16.7. The van der Waals surface area contributed by atoms with Crippen molar-refractivity contribution in [3.63, 3.8) is 0 Å². The summed E-state index contributed by atoms with van der Waals surface area (Å²) < 4.78 is 35.7. The predicted molar refractivity (Wildman–Crippen MR) is 183 cm³/mol. The van der Waals surface area contributed by atoms with Crippen molar-refractivity contribution in [1.82, 2.24) is 9.71 Å². The Hall–Kier alpha value is -3.40. The number of rotatable bonds is 1. The first-order chi connectivity index (χ1) is 22.5. The highest BCUT2D eigenvalue weighted by molar-refractivity contribution is 7.90. The molecule has 1 spiro atoms. The van der Waals surface area contributed by atoms with Crippen molar-refractivity contribution in [2.75, 3.05) is 24.6 Å². The van der Waals surface area contributed by atoms with Crippen LogP contribution in [0.4, 0.5) is 5.69 Å². The lowest BCUT2D eigenvalue weighted by atomic mass is 9.63. The zero-order valence-corrected chi connectivity index (χ0v) is 28.4. The normalized spacial score (nSPS) is 32.5. The number of carbonyl (C=O) groups excluding carboxylic acids is 1. The fraction of sp³-hybridized carbons (Fsp3) is 0.459. The minimum atomic E-state index is -3.99. The van der Waals surface area contributed by atoms with E-state index >= 15 is 0 Å². The molecule has 1 amide bonds. The van der Waals surface area contributed by atoms with Crippen LogP contribution in [0.1, 0.15) is 73.1 Å². The number of fused-ring (bicyclic) bond motifs is 4. The van der Waals surface area contributed by atoms with Gasteiger partial charge >= 0.3 is 0 Å². The van der Waals surface area contributed by atoms with Gasteiger partial charge in [0.2, 0.25) is 10.0 Å². The summed E-state index contributed by atoms with van der Waals surface area (Å²) in [5, 5.41) is 12.3. The van der Waals surface area contributed by atoms with Crippen molar-refractivity contribution in [1.29, 1.82) is 0 Å². The van der Waals surface area contributed by atoms with E-state index in [0.717, 1.165) is 42.8 Å². The Bertz CT molecular complexity index is 1820. The van der Waals surface area contributed by atoms with Crippen molar-refractivity contribution < 1.29 is 23.1 Å². The zero-order chi connectivity index (χ0) is 33.0. The van der Waals surface area contributed by atoms with Crippen LogP contribution in [0.5, 0.6) is 5.75 Å². The molecule has 8 nitrogen and oxygen atoms in total. The van der Waals surface area contributed by atoms with Crippen LogP contribution >= 0.6 is 11.6 Å². The number of aliphatic hydroxyl groups is 1. The number of nitrogens with one attached hydrogen (secondary N) is 1. The summed E-state index contributed by atoms with van der Waals surface area (Å²) in [6, 6.07) is 16.9. The average Bonchev–Trinajstić information content (AvgIpc) is 3.19. The van der Waals surface area contributed by atoms with E-state index in [0.29, 0.717) is 37.6 Å². The second-order valence-electron chi connectivity index (χ2n) is 14.1. The summed E-state index contributed by atoms with van der Waals surface area (Å²) in [5.74, 6) is -0.288. The topological polar surface area (TPSA) is 109 Å². The van der Waals surface area contributed by atoms with Gasteiger partial charge in [-0.25, -0.2) is 13.1 Å². The van der Waals surface area contributed by atoms with Gasteiger partial charge in [-0.05, 0) is 111 Å². The molecule has 2 aliphatic heterocycles. The molecule has 0 saturated heterocycles. The number of sulfonamides is 1. The molecule has 2 aromatic carbocycles. The molecule has 3 aromatic rings. The van der Waals surface area contributed by atoms with Crippen LogP contribution in [0.15, 0.2) is 72.9 Å². The van der Waals surface area contributed by atoms with Gasteiger partial charge in [-0.15, -0.1) is 0 Å². The lowest BCUT2D eigenvalue weighted by molar-refractivity contribution is -0.0529. The molecule has 2 aliphatic carbocycles. The van der Waals surface area contributed by atoms with E-state index in [1.165, 1.54) is 11.1 Å². The molecule has 0 radical (unpaired) electrons. The van der Waals surface area contributed by atoms with Crippen molar-refractivity contribution >= 4 is 33.2 Å². The Labute approximate surface area is 282 Å². The third-order valence-electron chi connectivity index (χ3n) is 11.2. The molecule has 7 rings (SSSR count). The van der Waals surface area contributed by atoms with Gasteiger partial charge in [0.05, 0.1) is 23.2 Å². The smallest absolute Gasteiger partial charge is 0.264 e. The molecule has 3 heterocycles. The minimum Gasteiger partial charge on any atom is -0.490 e. The first-order valence-corrected chi connectivity index (χ1v) is 18.6. The van der Waals surface area contributed by atoms with Crippen molar-refractivity contribution in [2.45, 2.75) is 68.6 Å². The summed E-state index contributed by atoms with van der Waals surface area (Å²) >= 11 is 6.44. The van der Waals surface area contributed by atoms with Gasteiger partial charge in [-0.2, -0.15) is 0 Å². The number of carbonyl (C=O) groups is 1. The number of amides is 1. The summed E-state index contributed by atoms with van der Waals surface area (Å²) in [4.78, 5) is 20.4. The number of halogens is 1. The maximum Gasteiger partial charge on any atom is 0.264 e. The van der Waals surface area contributed by atoms with E-state index in [2.05, 4.69) is 26.7 Å². The van der Waals surface area contributed by atoms with E-state index in [1.807, 2.05) is 43.3 Å². The minimum absolute atomic E-state index is 0.106. The van der Waals surface area contributed by atoms with E-state index in [1.54, 1.807) is 31.3 Å². The molecule has 1 saturated carbocycles. The van der Waals surface area contributed by atoms with Crippen molar-refractivity contribution in [3.05, 3.63) is 100 Å². The second kappa shape index (κ2) is 12.2. The molecular weight excluding hydrogens is 634 g/mol. The third-order valence-corrected chi connectivity index (χ3v) is 13.4. The third kappa shape index (κ3) is 5.85. The second-order valence-corrected chi connectivity index (χ2v) is 16.5. The Morgan fingerprint density at radius 2 is 1.96 bits per heavy atom. The Balaban J connectivity index is 1.35. The number of ether oxygens (including phenoxy) is 1. The maximum absolute atomic E-state index is 13.5. The molecule has 10 heteroatoms. The van der Waals surface area contributed by atoms with Crippen LogP contribution < -0.4 is 14.4 Å². The van der Waals surface area contributed by atoms with E-state index in [9.17, 15) is 18.3 Å². The SMILES string of the molecule is C[C@@H]1[C@@H](C)C/C=C\[C@](O)(c2ccccn2)[C@@H]2CC[C@H]2CN2C[C@@]3(CCCc4cc(Cl)ccc43)COc3ccc(cc32)C(=O)NS1(=O)=O. The van der Waals surface area contributed by atoms with Gasteiger partial charge in [0, 0.05) is 41.2 Å². The number of benzene rings is 2. The maximum atomic E-state index is 13.5. The average molecular weight is 676 g/mol. The van der Waals surface area contributed by atoms with E-state index in [4.69, 9.17) is 16.3 Å². The molecule has 0 unspecified atom stereocenters. The summed E-state index contributed by atoms with van der Waals surface area (Å²) in [5.41, 5.74) is 2.43. The number of nitrogens with zero attached hydrogens (tertiary/aromatic N) is 2. The highest BCUT2D eigenvalue weighted by Gasteiger charge is 2.49. The molecule has 248 valence electrons. The van der Waals surface area contributed by atoms with Crippen LogP contribution in [-0.4, -0.2) is 49.4 Å². The molecule has 2 N–H and O–H groups in total. The number of aromatic nitrogens is 1. The number of allylic oxidation sites excluding steroid dienone is 1. The van der Waals surface area contributed by atoms with Crippen LogP contribution in [0, 0.1) is 17.8 Å². The molecule has 47 heavy (non-hydrogen) atoms. The quantitative estimate of drug-likeness (QED) is 0.297. The standard InChI is InChI=1S/C37H42ClN3O5S/c1-24-7-5-17-37(43,34-9-3-4-18-39-34)31-13-10-28(31)21-41-22-36(16-6-8-26-19-29(38)12-14-30(26)36)23-46-33-15-11-27(20-32(33)41)35(42)40-47(44,45)25(24)2/h3-5,9,11-12,14-15,17-20,24-25,28,31,43H,6-8,10,13,16,21-23H2,1-2H3,(H,40,42)/b17-5-/t24-,25+,28-,31+,36-,37+/m0/s1. The van der Waals surface area contributed by atoms with Gasteiger partial charge < -0.3 is 14.7 Å². The van der Waals surface area contributed by atoms with Gasteiger partial charge in [0.15, 0.2) is 0 Å². The van der Waals surface area contributed by atoms with Crippen LogP contribution in [0.3, 0.4) is 0 Å². The number of aryl methyl sites for hydroxylation is 1. The Morgan fingerprint density at radius 1 is 1.11 bits per heavy atom. The number of pyridine rings is 1. The van der Waals surface area contributed by atoms with Crippen LogP contribution in [0.25, 0.3) is 0 Å². The van der Waals surface area contributed by atoms with Crippen LogP contribution in [-0.2, 0) is 27.5 Å². The lowest BCUT2D eigenvalue weighted by Crippen LogP contribution is -2.51. The van der Waals surface area contributed by atoms with Gasteiger partial charge in [0.25, 0.3) is 5.91 Å². The highest BCUT2D eigenvalue weighted by Crippen LogP contribution is 2.50. The fourth-order valence-corrected chi connectivity index (χ4v) is 9.62. The van der Waals surface area contributed by atoms with Gasteiger partial charge in [-0.3, -0.25) is 9.78 Å². The van der Waals surface area contributed by atoms with Gasteiger partial charge in [0.1, 0.15) is 11.4 Å². The largest absolute Gasteiger partial charge is 0.490 e. The Morgan fingerprint density at radius 3 is 2.72 bits per heavy atom. The lowest BCUT2D eigenvalue weighted by Gasteiger charge is -2.49. The highest BCUT2D eigenvalue weighted by atomic mass is 35.5. The number of anilines is 1. The molecule has 1 fully saturated rings. The van der Waals surface area contributed by atoms with Crippen molar-refractivity contribution in [3.8, 4) is 5.75 Å². The first kappa shape index (κ1) is 32.2. The van der Waals surface area contributed by atoms with Gasteiger partial charge in [-0.1, -0.05) is 42.8 Å². The predicted octanol–water partition coefficient (Wildman–Crippen LogP) is 6.17. The number of hydrogen-bond acceptors (Lipinski definition) is 7. The monoisotopic (exact) mass is 675 g/mol. The molecule has 4 aliphatic rings. The molecule has 1 aromatic heterocycles. The molecule has 2 bridgehead atoms. The van der Waals surface area contributed by atoms with E-state index < -0.39 is 26.8 Å². The van der Waals surface area contributed by atoms with E-state index in [-0.39, 0.29) is 28.7 Å². The Kier molecular flexibility index (Phi) is 8.38. The fourth-order valence-electron chi connectivity index (χ4n) is 8.14. The zero-order valence-electron chi connectivity index (χ0n) is 26.9. The summed E-state index contributed by atoms with van der Waals surface area (Å²) in [7, 11) is -3.99. The van der Waals surface area contributed by atoms with Crippen LogP contribution in [0.2, 0.25) is 5.02 Å².